The van der Waals surface area contributed by atoms with E-state index < -0.39 is 10.0 Å². The molecule has 0 bridgehead atoms. The van der Waals surface area contributed by atoms with Gasteiger partial charge in [-0.3, -0.25) is 4.79 Å². The number of nitrogens with zero attached hydrogens (tertiary/aromatic N) is 1. The van der Waals surface area contributed by atoms with E-state index >= 15 is 0 Å². The lowest BCUT2D eigenvalue weighted by Gasteiger charge is -2.17. The number of rotatable bonds is 8. The van der Waals surface area contributed by atoms with E-state index in [9.17, 15) is 13.2 Å². The summed E-state index contributed by atoms with van der Waals surface area (Å²) in [5.41, 5.74) is 1.02. The Morgan fingerprint density at radius 3 is 2.62 bits per heavy atom. The molecule has 6 nitrogen and oxygen atoms in total. The second kappa shape index (κ2) is 8.60. The van der Waals surface area contributed by atoms with Crippen molar-refractivity contribution in [2.24, 2.45) is 5.92 Å². The van der Waals surface area contributed by atoms with Crippen LogP contribution in [-0.2, 0) is 26.2 Å². The third-order valence-electron chi connectivity index (χ3n) is 4.16. The molecule has 1 fully saturated rings. The Labute approximate surface area is 144 Å². The van der Waals surface area contributed by atoms with Gasteiger partial charge in [0.1, 0.15) is 6.61 Å². The van der Waals surface area contributed by atoms with Crippen LogP contribution >= 0.6 is 0 Å². The number of carbonyl (C=O) groups excluding carboxylic acids is 1. The molecular formula is C17H26N2O4S. The fraction of sp³-hybridized carbons (Fsp3) is 0.588. The molecule has 2 unspecified atom stereocenters. The van der Waals surface area contributed by atoms with Crippen molar-refractivity contribution in [3.05, 3.63) is 35.9 Å². The van der Waals surface area contributed by atoms with E-state index in [1.54, 1.807) is 4.90 Å². The minimum absolute atomic E-state index is 0.0132. The van der Waals surface area contributed by atoms with Crippen molar-refractivity contribution < 1.29 is 17.9 Å². The normalized spacial score (nSPS) is 21.2. The van der Waals surface area contributed by atoms with Crippen LogP contribution in [0.25, 0.3) is 0 Å². The zero-order chi connectivity index (χ0) is 17.6. The predicted octanol–water partition coefficient (Wildman–Crippen LogP) is 1.38. The smallest absolute Gasteiger partial charge is 0.248 e. The number of benzene rings is 1. The Morgan fingerprint density at radius 2 is 2.00 bits per heavy atom. The Hall–Kier alpha value is -1.44. The molecular weight excluding hydrogens is 328 g/mol. The number of hydrogen-bond acceptors (Lipinski definition) is 4. The molecule has 2 atom stereocenters. The number of ether oxygens (including phenoxy) is 1. The molecule has 1 aliphatic heterocycles. The topological polar surface area (TPSA) is 75.7 Å². The van der Waals surface area contributed by atoms with Crippen LogP contribution in [0.3, 0.4) is 0 Å². The molecule has 0 radical (unpaired) electrons. The molecule has 0 aromatic heterocycles. The first-order chi connectivity index (χ1) is 11.4. The molecule has 134 valence electrons. The lowest BCUT2D eigenvalue weighted by molar-refractivity contribution is -0.135. The number of carbonyl (C=O) groups is 1. The fourth-order valence-electron chi connectivity index (χ4n) is 3.07. The van der Waals surface area contributed by atoms with Gasteiger partial charge in [-0.1, -0.05) is 43.7 Å². The summed E-state index contributed by atoms with van der Waals surface area (Å²) < 4.78 is 31.2. The van der Waals surface area contributed by atoms with E-state index in [1.807, 2.05) is 30.3 Å². The first-order valence-electron chi connectivity index (χ1n) is 8.25. The number of hydrogen-bond donors (Lipinski definition) is 1. The molecule has 7 heteroatoms. The Morgan fingerprint density at radius 1 is 1.29 bits per heavy atom. The number of sulfonamides is 1. The average molecular weight is 354 g/mol. The van der Waals surface area contributed by atoms with E-state index in [-0.39, 0.29) is 24.5 Å². The fourth-order valence-corrected chi connectivity index (χ4v) is 3.89. The maximum Gasteiger partial charge on any atom is 0.248 e. The molecule has 1 heterocycles. The van der Waals surface area contributed by atoms with Crippen molar-refractivity contribution in [3.8, 4) is 0 Å². The quantitative estimate of drug-likeness (QED) is 0.765. The van der Waals surface area contributed by atoms with Gasteiger partial charge in [0.2, 0.25) is 15.9 Å². The predicted molar refractivity (Wildman–Crippen MR) is 92.8 cm³/mol. The van der Waals surface area contributed by atoms with Gasteiger partial charge in [0.15, 0.2) is 0 Å². The number of likely N-dealkylation sites (tertiary alicyclic amines) is 1. The third-order valence-corrected chi connectivity index (χ3v) is 4.89. The summed E-state index contributed by atoms with van der Waals surface area (Å²) >= 11 is 0. The highest BCUT2D eigenvalue weighted by Gasteiger charge is 2.35. The largest absolute Gasteiger partial charge is 0.367 e. The van der Waals surface area contributed by atoms with E-state index in [0.29, 0.717) is 19.7 Å². The van der Waals surface area contributed by atoms with Crippen LogP contribution in [0.15, 0.2) is 30.3 Å². The number of amides is 1. The maximum absolute atomic E-state index is 12.3. The van der Waals surface area contributed by atoms with E-state index in [4.69, 9.17) is 4.74 Å². The van der Waals surface area contributed by atoms with E-state index in [1.165, 1.54) is 0 Å². The molecule has 1 aliphatic rings. The van der Waals surface area contributed by atoms with Crippen molar-refractivity contribution >= 4 is 15.9 Å². The van der Waals surface area contributed by atoms with Crippen LogP contribution < -0.4 is 4.72 Å². The first-order valence-corrected chi connectivity index (χ1v) is 10.1. The van der Waals surface area contributed by atoms with E-state index in [0.717, 1.165) is 24.7 Å². The second-order valence-corrected chi connectivity index (χ2v) is 8.10. The van der Waals surface area contributed by atoms with Gasteiger partial charge in [0, 0.05) is 19.1 Å². The van der Waals surface area contributed by atoms with Crippen LogP contribution in [0.1, 0.15) is 25.3 Å². The first kappa shape index (κ1) is 18.9. The van der Waals surface area contributed by atoms with Crippen molar-refractivity contribution in [1.82, 2.24) is 9.62 Å². The van der Waals surface area contributed by atoms with Crippen LogP contribution in [-0.4, -0.2) is 51.2 Å². The molecule has 0 spiro atoms. The van der Waals surface area contributed by atoms with Gasteiger partial charge in [0.05, 0.1) is 12.9 Å². The minimum atomic E-state index is -3.28. The second-order valence-electron chi connectivity index (χ2n) is 6.32. The molecule has 0 saturated carbocycles. The lowest BCUT2D eigenvalue weighted by Crippen LogP contribution is -2.40. The zero-order valence-corrected chi connectivity index (χ0v) is 15.1. The summed E-state index contributed by atoms with van der Waals surface area (Å²) in [5.74, 6) is 0.0626. The molecule has 24 heavy (non-hydrogen) atoms. The van der Waals surface area contributed by atoms with E-state index in [2.05, 4.69) is 11.6 Å². The molecule has 0 aliphatic carbocycles. The maximum atomic E-state index is 12.3. The highest BCUT2D eigenvalue weighted by molar-refractivity contribution is 7.88. The van der Waals surface area contributed by atoms with Crippen LogP contribution in [0.2, 0.25) is 0 Å². The molecule has 1 aromatic rings. The van der Waals surface area contributed by atoms with Crippen LogP contribution in [0.5, 0.6) is 0 Å². The number of nitrogens with one attached hydrogen (secondary N) is 1. The van der Waals surface area contributed by atoms with Crippen molar-refractivity contribution in [1.29, 1.82) is 0 Å². The average Bonchev–Trinajstić information content (AvgIpc) is 2.90. The lowest BCUT2D eigenvalue weighted by atomic mass is 9.99. The SMILES string of the molecule is CCCC1CN(C(=O)COCc2ccccc2)CC1NS(C)(=O)=O. The van der Waals surface area contributed by atoms with Gasteiger partial charge in [-0.15, -0.1) is 0 Å². The van der Waals surface area contributed by atoms with Crippen LogP contribution in [0.4, 0.5) is 0 Å². The highest BCUT2D eigenvalue weighted by atomic mass is 32.2. The Kier molecular flexibility index (Phi) is 6.77. The van der Waals surface area contributed by atoms with Crippen molar-refractivity contribution in [3.63, 3.8) is 0 Å². The minimum Gasteiger partial charge on any atom is -0.367 e. The van der Waals surface area contributed by atoms with Crippen molar-refractivity contribution in [2.75, 3.05) is 26.0 Å². The van der Waals surface area contributed by atoms with Gasteiger partial charge >= 0.3 is 0 Å². The molecule has 2 rings (SSSR count). The summed E-state index contributed by atoms with van der Waals surface area (Å²) in [7, 11) is -3.28. The molecule has 1 saturated heterocycles. The monoisotopic (exact) mass is 354 g/mol. The Bertz CT molecular complexity index is 633. The molecule has 1 aromatic carbocycles. The summed E-state index contributed by atoms with van der Waals surface area (Å²) in [6.45, 7) is 3.45. The molecule has 1 N–H and O–H groups in total. The summed E-state index contributed by atoms with van der Waals surface area (Å²) in [5, 5.41) is 0. The third kappa shape index (κ3) is 5.89. The van der Waals surface area contributed by atoms with Gasteiger partial charge in [0.25, 0.3) is 0 Å². The highest BCUT2D eigenvalue weighted by Crippen LogP contribution is 2.22. The van der Waals surface area contributed by atoms with Gasteiger partial charge < -0.3 is 9.64 Å². The summed E-state index contributed by atoms with van der Waals surface area (Å²) in [6, 6.07) is 9.47. The zero-order valence-electron chi connectivity index (χ0n) is 14.3. The van der Waals surface area contributed by atoms with Gasteiger partial charge in [-0.05, 0) is 17.9 Å². The molecule has 1 amide bonds. The van der Waals surface area contributed by atoms with Crippen molar-refractivity contribution in [2.45, 2.75) is 32.4 Å². The summed E-state index contributed by atoms with van der Waals surface area (Å²) in [4.78, 5) is 14.0. The van der Waals surface area contributed by atoms with Crippen LogP contribution in [0, 0.1) is 5.92 Å². The Balaban J connectivity index is 1.85. The van der Waals surface area contributed by atoms with Gasteiger partial charge in [-0.2, -0.15) is 0 Å². The summed E-state index contributed by atoms with van der Waals surface area (Å²) in [6.07, 6.45) is 3.00. The standard InChI is InChI=1S/C17H26N2O4S/c1-3-7-15-10-19(11-16(15)18-24(2,21)22)17(20)13-23-12-14-8-5-4-6-9-14/h4-6,8-9,15-16,18H,3,7,10-13H2,1-2H3. The van der Waals surface area contributed by atoms with Gasteiger partial charge in [-0.25, -0.2) is 13.1 Å².